The van der Waals surface area contributed by atoms with Crippen molar-refractivity contribution in [3.8, 4) is 0 Å². The van der Waals surface area contributed by atoms with Gasteiger partial charge < -0.3 is 19.9 Å². The zero-order chi connectivity index (χ0) is 27.4. The Balaban J connectivity index is 1.25. The lowest BCUT2D eigenvalue weighted by Crippen LogP contribution is -2.47. The maximum absolute atomic E-state index is 14.1. The van der Waals surface area contributed by atoms with Crippen molar-refractivity contribution in [2.45, 2.75) is 37.2 Å². The number of hydrogen-bond acceptors (Lipinski definition) is 4. The number of likely N-dealkylation sites (N-methyl/N-ethyl adjacent to an activating group) is 1. The molecule has 1 unspecified atom stereocenters. The summed E-state index contributed by atoms with van der Waals surface area (Å²) in [7, 11) is 1.84. The number of hydrogen-bond donors (Lipinski definition) is 1. The Hall–Kier alpha value is -3.71. The fourth-order valence-corrected chi connectivity index (χ4v) is 5.74. The summed E-state index contributed by atoms with van der Waals surface area (Å²) >= 11 is 0. The van der Waals surface area contributed by atoms with Gasteiger partial charge in [-0.2, -0.15) is 0 Å². The van der Waals surface area contributed by atoms with Crippen molar-refractivity contribution in [1.82, 2.24) is 9.80 Å². The molecule has 1 fully saturated rings. The minimum atomic E-state index is -0.611. The maximum atomic E-state index is 14.1. The third-order valence-corrected chi connectivity index (χ3v) is 7.99. The van der Waals surface area contributed by atoms with Crippen LogP contribution in [0.25, 0.3) is 0 Å². The third kappa shape index (κ3) is 6.14. The lowest BCUT2D eigenvalue weighted by molar-refractivity contribution is -0.131. The largest absolute Gasteiger partial charge is 0.468 e. The Kier molecular flexibility index (Phi) is 7.98. The average Bonchev–Trinajstić information content (AvgIpc) is 2.94. The maximum Gasteiger partial charge on any atom is 0.229 e. The zero-order valence-electron chi connectivity index (χ0n) is 22.3. The number of benzene rings is 3. The number of piperidine rings is 1. The van der Waals surface area contributed by atoms with Crippen molar-refractivity contribution in [1.29, 1.82) is 0 Å². The van der Waals surface area contributed by atoms with Gasteiger partial charge in [-0.3, -0.25) is 4.79 Å². The SMILES string of the molecule is C=C1Nc2ccc(F)cc2C2(CCN(CCC(C(=O)N(C)CCc3ccccc3)c3ccc(F)cc3)CC2)O1. The molecule has 5 rings (SSSR count). The molecule has 204 valence electrons. The van der Waals surface area contributed by atoms with Crippen LogP contribution >= 0.6 is 0 Å². The molecule has 3 aromatic carbocycles. The number of anilines is 1. The van der Waals surface area contributed by atoms with Gasteiger partial charge >= 0.3 is 0 Å². The average molecular weight is 532 g/mol. The van der Waals surface area contributed by atoms with E-state index in [1.54, 1.807) is 29.2 Å². The molecule has 39 heavy (non-hydrogen) atoms. The van der Waals surface area contributed by atoms with Gasteiger partial charge in [0.05, 0.1) is 5.92 Å². The molecule has 1 saturated heterocycles. The van der Waals surface area contributed by atoms with E-state index in [2.05, 4.69) is 28.9 Å². The van der Waals surface area contributed by atoms with Crippen LogP contribution < -0.4 is 5.32 Å². The van der Waals surface area contributed by atoms with Crippen LogP contribution in [0.1, 0.15) is 41.9 Å². The van der Waals surface area contributed by atoms with Crippen LogP contribution in [0, 0.1) is 11.6 Å². The number of fused-ring (bicyclic) bond motifs is 2. The highest BCUT2D eigenvalue weighted by atomic mass is 19.1. The Morgan fingerprint density at radius 1 is 1.05 bits per heavy atom. The van der Waals surface area contributed by atoms with E-state index >= 15 is 0 Å². The van der Waals surface area contributed by atoms with Gasteiger partial charge in [-0.15, -0.1) is 0 Å². The summed E-state index contributed by atoms with van der Waals surface area (Å²) in [6, 6.07) is 21.1. The zero-order valence-corrected chi connectivity index (χ0v) is 22.3. The second kappa shape index (κ2) is 11.6. The fraction of sp³-hybridized carbons (Fsp3) is 0.344. The van der Waals surface area contributed by atoms with E-state index in [4.69, 9.17) is 4.74 Å². The summed E-state index contributed by atoms with van der Waals surface area (Å²) in [5, 5.41) is 3.11. The molecule has 1 N–H and O–H groups in total. The first-order chi connectivity index (χ1) is 18.8. The van der Waals surface area contributed by atoms with Gasteiger partial charge in [0.2, 0.25) is 5.91 Å². The summed E-state index contributed by atoms with van der Waals surface area (Å²) in [5.41, 5.74) is 3.06. The minimum absolute atomic E-state index is 0.0356. The Morgan fingerprint density at radius 3 is 2.46 bits per heavy atom. The summed E-state index contributed by atoms with van der Waals surface area (Å²) < 4.78 is 34.0. The number of carbonyl (C=O) groups excluding carboxylic acids is 1. The molecule has 3 aromatic rings. The van der Waals surface area contributed by atoms with E-state index in [0.29, 0.717) is 38.2 Å². The van der Waals surface area contributed by atoms with Gasteiger partial charge in [0.15, 0.2) is 5.88 Å². The Bertz CT molecular complexity index is 1300. The fourth-order valence-electron chi connectivity index (χ4n) is 5.74. The van der Waals surface area contributed by atoms with Crippen molar-refractivity contribution in [2.75, 3.05) is 38.5 Å². The van der Waals surface area contributed by atoms with Gasteiger partial charge in [-0.05, 0) is 67.4 Å². The van der Waals surface area contributed by atoms with Gasteiger partial charge in [-0.1, -0.05) is 42.5 Å². The van der Waals surface area contributed by atoms with Gasteiger partial charge in [0.1, 0.15) is 17.2 Å². The smallest absolute Gasteiger partial charge is 0.229 e. The van der Waals surface area contributed by atoms with E-state index in [1.165, 1.54) is 23.8 Å². The summed E-state index contributed by atoms with van der Waals surface area (Å²) in [6.07, 6.45) is 2.77. The molecule has 5 nitrogen and oxygen atoms in total. The number of amides is 1. The summed E-state index contributed by atoms with van der Waals surface area (Å²) in [5.74, 6) is -0.460. The van der Waals surface area contributed by atoms with Gasteiger partial charge in [0, 0.05) is 50.8 Å². The highest BCUT2D eigenvalue weighted by Gasteiger charge is 2.43. The van der Waals surface area contributed by atoms with Gasteiger partial charge in [-0.25, -0.2) is 8.78 Å². The van der Waals surface area contributed by atoms with E-state index < -0.39 is 5.60 Å². The molecule has 2 heterocycles. The second-order valence-electron chi connectivity index (χ2n) is 10.6. The molecule has 1 amide bonds. The molecule has 1 atom stereocenters. The predicted molar refractivity (Wildman–Crippen MR) is 149 cm³/mol. The van der Waals surface area contributed by atoms with E-state index in [1.807, 2.05) is 25.2 Å². The first-order valence-corrected chi connectivity index (χ1v) is 13.5. The van der Waals surface area contributed by atoms with Crippen LogP contribution in [0.5, 0.6) is 0 Å². The van der Waals surface area contributed by atoms with Crippen molar-refractivity contribution >= 4 is 11.6 Å². The third-order valence-electron chi connectivity index (χ3n) is 7.99. The quantitative estimate of drug-likeness (QED) is 0.385. The molecule has 0 aromatic heterocycles. The predicted octanol–water partition coefficient (Wildman–Crippen LogP) is 6.04. The van der Waals surface area contributed by atoms with E-state index in [-0.39, 0.29) is 23.5 Å². The molecule has 2 aliphatic rings. The standard InChI is InChI=1S/C32H35F2N3O2/c1-23-35-30-13-12-27(34)22-29(30)32(39-23)16-20-37(21-17-32)19-15-28(25-8-10-26(33)11-9-25)31(38)36(2)18-14-24-6-4-3-5-7-24/h3-13,22,28,35H,1,14-21H2,2H3. The highest BCUT2D eigenvalue weighted by molar-refractivity contribution is 5.83. The molecule has 0 bridgehead atoms. The van der Waals surface area contributed by atoms with Crippen molar-refractivity contribution in [3.05, 3.63) is 114 Å². The molecule has 2 aliphatic heterocycles. The first-order valence-electron chi connectivity index (χ1n) is 13.5. The van der Waals surface area contributed by atoms with Crippen LogP contribution in [0.4, 0.5) is 14.5 Å². The highest BCUT2D eigenvalue weighted by Crippen LogP contribution is 2.45. The van der Waals surface area contributed by atoms with Gasteiger partial charge in [0.25, 0.3) is 0 Å². The van der Waals surface area contributed by atoms with Crippen molar-refractivity contribution in [3.63, 3.8) is 0 Å². The van der Waals surface area contributed by atoms with E-state index in [9.17, 15) is 13.6 Å². The van der Waals surface area contributed by atoms with E-state index in [0.717, 1.165) is 36.3 Å². The normalized spacial score (nSPS) is 17.2. The van der Waals surface area contributed by atoms with Crippen LogP contribution in [-0.4, -0.2) is 48.9 Å². The number of nitrogens with one attached hydrogen (secondary N) is 1. The molecule has 1 spiro atoms. The Labute approximate surface area is 229 Å². The van der Waals surface area contributed by atoms with Crippen LogP contribution in [-0.2, 0) is 21.6 Å². The molecule has 0 radical (unpaired) electrons. The van der Waals surface area contributed by atoms with Crippen LogP contribution in [0.2, 0.25) is 0 Å². The lowest BCUT2D eigenvalue weighted by Gasteiger charge is -2.46. The molecule has 0 saturated carbocycles. The Morgan fingerprint density at radius 2 is 1.74 bits per heavy atom. The minimum Gasteiger partial charge on any atom is -0.468 e. The van der Waals surface area contributed by atoms with Crippen LogP contribution in [0.15, 0.2) is 85.3 Å². The number of carbonyl (C=O) groups is 1. The molecular formula is C32H35F2N3O2. The number of ether oxygens (including phenoxy) is 1. The number of likely N-dealkylation sites (tertiary alicyclic amines) is 1. The second-order valence-corrected chi connectivity index (χ2v) is 10.6. The first kappa shape index (κ1) is 26.9. The van der Waals surface area contributed by atoms with Crippen molar-refractivity contribution in [2.24, 2.45) is 0 Å². The molecule has 7 heteroatoms. The summed E-state index contributed by atoms with van der Waals surface area (Å²) in [4.78, 5) is 17.7. The monoisotopic (exact) mass is 531 g/mol. The number of halogens is 2. The topological polar surface area (TPSA) is 44.8 Å². The molecule has 0 aliphatic carbocycles. The molecular weight excluding hydrogens is 496 g/mol. The summed E-state index contributed by atoms with van der Waals surface area (Å²) in [6.45, 7) is 6.78. The van der Waals surface area contributed by atoms with Crippen molar-refractivity contribution < 1.29 is 18.3 Å². The lowest BCUT2D eigenvalue weighted by atomic mass is 9.82. The number of rotatable bonds is 8. The number of nitrogens with zero attached hydrogens (tertiary/aromatic N) is 2. The van der Waals surface area contributed by atoms with Crippen LogP contribution in [0.3, 0.4) is 0 Å².